The molecule has 0 aromatic heterocycles. The highest BCUT2D eigenvalue weighted by atomic mass is 16.5. The van der Waals surface area contributed by atoms with Crippen LogP contribution < -0.4 is 14.4 Å². The molecule has 1 N–H and O–H groups in total. The third kappa shape index (κ3) is 5.34. The zero-order chi connectivity index (χ0) is 37.7. The maximum atomic E-state index is 15.2. The van der Waals surface area contributed by atoms with Crippen LogP contribution in [0.1, 0.15) is 42.0 Å². The van der Waals surface area contributed by atoms with Crippen molar-refractivity contribution in [3.8, 4) is 17.2 Å². The van der Waals surface area contributed by atoms with E-state index in [1.54, 1.807) is 12.1 Å². The Morgan fingerprint density at radius 1 is 0.833 bits per heavy atom. The Labute approximate surface area is 314 Å². The summed E-state index contributed by atoms with van der Waals surface area (Å²) < 4.78 is 10.9. The Morgan fingerprint density at radius 3 is 2.11 bits per heavy atom. The number of methoxy groups -OCH3 is 2. The number of ketones is 2. The highest BCUT2D eigenvalue weighted by Crippen LogP contribution is 2.61. The smallest absolute Gasteiger partial charge is 0.238 e. The molecule has 3 aliphatic carbocycles. The first kappa shape index (κ1) is 35.0. The van der Waals surface area contributed by atoms with Crippen molar-refractivity contribution in [2.45, 2.75) is 31.6 Å². The van der Waals surface area contributed by atoms with E-state index in [2.05, 4.69) is 6.92 Å². The summed E-state index contributed by atoms with van der Waals surface area (Å²) >= 11 is 0. The molecule has 4 aromatic rings. The van der Waals surface area contributed by atoms with Gasteiger partial charge in [-0.25, -0.2) is 0 Å². The van der Waals surface area contributed by atoms with Gasteiger partial charge < -0.3 is 14.6 Å². The molecule has 0 bridgehead atoms. The van der Waals surface area contributed by atoms with E-state index in [1.165, 1.54) is 25.2 Å². The van der Waals surface area contributed by atoms with Crippen LogP contribution in [-0.4, -0.2) is 42.7 Å². The summed E-state index contributed by atoms with van der Waals surface area (Å²) in [5.41, 5.74) is 3.52. The summed E-state index contributed by atoms with van der Waals surface area (Å²) in [6.45, 7) is 2.05. The summed E-state index contributed by atoms with van der Waals surface area (Å²) in [4.78, 5) is 60.3. The summed E-state index contributed by atoms with van der Waals surface area (Å²) in [6.07, 6.45) is 8.73. The topological polar surface area (TPSA) is 110 Å². The number of benzene rings is 4. The van der Waals surface area contributed by atoms with Crippen molar-refractivity contribution in [1.29, 1.82) is 0 Å². The molecule has 2 amide bonds. The Hall–Kier alpha value is -6.02. The van der Waals surface area contributed by atoms with Gasteiger partial charge in [-0.05, 0) is 77.8 Å². The lowest BCUT2D eigenvalue weighted by atomic mass is 9.45. The van der Waals surface area contributed by atoms with E-state index in [0.717, 1.165) is 17.6 Å². The van der Waals surface area contributed by atoms with Crippen LogP contribution >= 0.6 is 0 Å². The van der Waals surface area contributed by atoms with Gasteiger partial charge in [0, 0.05) is 17.4 Å². The zero-order valence-corrected chi connectivity index (χ0v) is 30.4. The number of phenols is 1. The van der Waals surface area contributed by atoms with E-state index in [1.807, 2.05) is 103 Å². The first-order chi connectivity index (χ1) is 26.2. The molecule has 2 fully saturated rings. The minimum absolute atomic E-state index is 0.137. The van der Waals surface area contributed by atoms with Crippen molar-refractivity contribution >= 4 is 40.7 Å². The second-order valence-electron chi connectivity index (χ2n) is 14.5. The fraction of sp³-hybridized carbons (Fsp3) is 0.261. The average Bonchev–Trinajstić information content (AvgIpc) is 3.47. The lowest BCUT2D eigenvalue weighted by Crippen LogP contribution is -2.59. The van der Waals surface area contributed by atoms with Crippen LogP contribution in [-0.2, 0) is 31.0 Å². The van der Waals surface area contributed by atoms with Gasteiger partial charge in [-0.1, -0.05) is 104 Å². The molecule has 0 spiro atoms. The Kier molecular flexibility index (Phi) is 8.92. The van der Waals surface area contributed by atoms with Gasteiger partial charge in [0.15, 0.2) is 23.1 Å². The average molecular weight is 720 g/mol. The Bertz CT molecular complexity index is 2230. The van der Waals surface area contributed by atoms with Crippen molar-refractivity contribution in [1.82, 2.24) is 0 Å². The maximum absolute atomic E-state index is 15.2. The van der Waals surface area contributed by atoms with Crippen molar-refractivity contribution in [2.75, 3.05) is 19.1 Å². The number of hydrogen-bond acceptors (Lipinski definition) is 7. The number of ether oxygens (including phenoxy) is 2. The number of phenolic OH excluding ortho intramolecular Hbond substituents is 1. The van der Waals surface area contributed by atoms with Crippen molar-refractivity contribution in [2.24, 2.45) is 29.6 Å². The molecule has 6 atom stereocenters. The number of amides is 2. The van der Waals surface area contributed by atoms with Gasteiger partial charge in [-0.3, -0.25) is 24.1 Å². The summed E-state index contributed by atoms with van der Waals surface area (Å²) in [5.74, 6) is -3.85. The molecular formula is C46H41NO7. The van der Waals surface area contributed by atoms with Crippen LogP contribution in [0.4, 0.5) is 5.69 Å². The number of rotatable bonds is 8. The third-order valence-corrected chi connectivity index (χ3v) is 12.0. The molecular weight excluding hydrogens is 679 g/mol. The molecule has 8 nitrogen and oxygen atoms in total. The normalized spacial score (nSPS) is 26.2. The number of allylic oxidation sites excluding steroid dienone is 5. The van der Waals surface area contributed by atoms with E-state index >= 15 is 9.59 Å². The van der Waals surface area contributed by atoms with Crippen molar-refractivity contribution in [3.63, 3.8) is 0 Å². The summed E-state index contributed by atoms with van der Waals surface area (Å²) in [7, 11) is 2.91. The van der Waals surface area contributed by atoms with Crippen LogP contribution in [0.5, 0.6) is 17.2 Å². The summed E-state index contributed by atoms with van der Waals surface area (Å²) in [6, 6.07) is 29.6. The molecule has 1 heterocycles. The SMILES string of the molecule is CCc1ccc(N2C(=O)C3CC=C4C(CC5C(=O)C(c6ccccc6)=CC(=O)C5(c5ccccc5)C4C=Cc4cc(OC)c(O)c(OC)c4)C3C2=O)cc1. The zero-order valence-electron chi connectivity index (χ0n) is 30.4. The molecule has 1 saturated heterocycles. The lowest BCUT2D eigenvalue weighted by Gasteiger charge is -2.54. The lowest BCUT2D eigenvalue weighted by molar-refractivity contribution is -0.135. The first-order valence-electron chi connectivity index (χ1n) is 18.4. The second kappa shape index (κ2) is 13.8. The number of hydrogen-bond donors (Lipinski definition) is 1. The largest absolute Gasteiger partial charge is 0.502 e. The van der Waals surface area contributed by atoms with E-state index in [4.69, 9.17) is 9.47 Å². The predicted molar refractivity (Wildman–Crippen MR) is 206 cm³/mol. The molecule has 0 radical (unpaired) electrons. The molecule has 1 saturated carbocycles. The number of fused-ring (bicyclic) bond motifs is 4. The van der Waals surface area contributed by atoms with Crippen LogP contribution in [0, 0.1) is 29.6 Å². The number of carbonyl (C=O) groups excluding carboxylic acids is 4. The standard InChI is InChI=1S/C46H41NO7/c1-4-27-15-18-31(19-16-27)47-44(51)33-21-20-32-35(41(33)45(47)52)25-37-42(49)34(29-11-7-5-8-12-29)26-40(48)46(37,30-13-9-6-10-14-30)36(32)22-17-28-23-38(53-2)43(50)39(24-28)54-3/h5-20,22-24,26,33,35-37,41,50H,4,21,25H2,1-3H3. The van der Waals surface area contributed by atoms with Gasteiger partial charge >= 0.3 is 0 Å². The van der Waals surface area contributed by atoms with Gasteiger partial charge in [0.25, 0.3) is 0 Å². The molecule has 54 heavy (non-hydrogen) atoms. The monoisotopic (exact) mass is 719 g/mol. The number of Topliss-reactive ketones (excluding diaryl/α,β-unsaturated/α-hetero) is 1. The number of nitrogens with zero attached hydrogens (tertiary/aromatic N) is 1. The fourth-order valence-electron chi connectivity index (χ4n) is 9.47. The number of imide groups is 1. The minimum atomic E-state index is -1.34. The molecule has 4 aliphatic rings. The van der Waals surface area contributed by atoms with Gasteiger partial charge in [-0.2, -0.15) is 0 Å². The van der Waals surface area contributed by atoms with Gasteiger partial charge in [0.1, 0.15) is 0 Å². The van der Waals surface area contributed by atoms with Crippen molar-refractivity contribution < 1.29 is 33.8 Å². The van der Waals surface area contributed by atoms with E-state index in [0.29, 0.717) is 34.4 Å². The quantitative estimate of drug-likeness (QED) is 0.148. The molecule has 8 rings (SSSR count). The highest BCUT2D eigenvalue weighted by molar-refractivity contribution is 6.31. The molecule has 6 unspecified atom stereocenters. The van der Waals surface area contributed by atoms with E-state index in [9.17, 15) is 14.7 Å². The number of aryl methyl sites for hydroxylation is 1. The minimum Gasteiger partial charge on any atom is -0.502 e. The van der Waals surface area contributed by atoms with Crippen LogP contribution in [0.25, 0.3) is 11.6 Å². The number of aromatic hydroxyl groups is 1. The van der Waals surface area contributed by atoms with Gasteiger partial charge in [-0.15, -0.1) is 0 Å². The van der Waals surface area contributed by atoms with Crippen LogP contribution in [0.2, 0.25) is 0 Å². The van der Waals surface area contributed by atoms with Crippen molar-refractivity contribution in [3.05, 3.63) is 143 Å². The molecule has 272 valence electrons. The Balaban J connectivity index is 1.32. The first-order valence-corrected chi connectivity index (χ1v) is 18.4. The maximum Gasteiger partial charge on any atom is 0.238 e. The van der Waals surface area contributed by atoms with E-state index < -0.39 is 35.0 Å². The molecule has 1 aliphatic heterocycles. The fourth-order valence-corrected chi connectivity index (χ4v) is 9.47. The third-order valence-electron chi connectivity index (χ3n) is 12.0. The van der Waals surface area contributed by atoms with Crippen LogP contribution in [0.3, 0.4) is 0 Å². The van der Waals surface area contributed by atoms with Gasteiger partial charge in [0.2, 0.25) is 17.6 Å². The molecule has 8 heteroatoms. The van der Waals surface area contributed by atoms with E-state index in [-0.39, 0.29) is 47.1 Å². The second-order valence-corrected chi connectivity index (χ2v) is 14.5. The van der Waals surface area contributed by atoms with Crippen LogP contribution in [0.15, 0.2) is 121 Å². The Morgan fingerprint density at radius 2 is 1.48 bits per heavy atom. The molecule has 4 aromatic carbocycles. The number of anilines is 1. The number of carbonyl (C=O) groups is 4. The predicted octanol–water partition coefficient (Wildman–Crippen LogP) is 7.55. The highest BCUT2D eigenvalue weighted by Gasteiger charge is 2.65. The summed E-state index contributed by atoms with van der Waals surface area (Å²) in [5, 5.41) is 10.6. The van der Waals surface area contributed by atoms with Gasteiger partial charge in [0.05, 0.1) is 37.2 Å².